The summed E-state index contributed by atoms with van der Waals surface area (Å²) >= 11 is 5.92. The number of hydrogen-bond donors (Lipinski definition) is 2. The Kier molecular flexibility index (Phi) is 5.69. The van der Waals surface area contributed by atoms with Gasteiger partial charge < -0.3 is 10.4 Å². The number of carboxylic acid groups (broad SMARTS) is 1. The van der Waals surface area contributed by atoms with E-state index in [4.69, 9.17) is 11.6 Å². The lowest BCUT2D eigenvalue weighted by atomic mass is 9.75. The topological polar surface area (TPSA) is 66.4 Å². The van der Waals surface area contributed by atoms with Gasteiger partial charge in [0.15, 0.2) is 0 Å². The highest BCUT2D eigenvalue weighted by Crippen LogP contribution is 2.34. The van der Waals surface area contributed by atoms with Crippen LogP contribution in [0.25, 0.3) is 0 Å². The van der Waals surface area contributed by atoms with Crippen LogP contribution in [0, 0.1) is 12.8 Å². The molecule has 2 rings (SSSR count). The van der Waals surface area contributed by atoms with E-state index in [-0.39, 0.29) is 12.3 Å². The summed E-state index contributed by atoms with van der Waals surface area (Å²) < 4.78 is 0. The fraction of sp³-hybridized carbons (Fsp3) is 0.556. The fourth-order valence-corrected chi connectivity index (χ4v) is 3.54. The van der Waals surface area contributed by atoms with Gasteiger partial charge in [0.05, 0.1) is 6.42 Å². The summed E-state index contributed by atoms with van der Waals surface area (Å²) in [4.78, 5) is 24.1. The number of nitrogens with one attached hydrogen (secondary N) is 1. The molecule has 0 radical (unpaired) electrons. The maximum Gasteiger partial charge on any atom is 0.329 e. The van der Waals surface area contributed by atoms with E-state index in [9.17, 15) is 14.7 Å². The molecule has 0 saturated heterocycles. The van der Waals surface area contributed by atoms with Crippen LogP contribution >= 0.6 is 11.6 Å². The first-order valence-corrected chi connectivity index (χ1v) is 8.53. The normalized spacial score (nSPS) is 24.2. The molecule has 0 spiro atoms. The Morgan fingerprint density at radius 2 is 2.00 bits per heavy atom. The van der Waals surface area contributed by atoms with E-state index in [1.165, 1.54) is 0 Å². The molecule has 1 saturated carbocycles. The second-order valence-corrected chi connectivity index (χ2v) is 6.97. The number of aliphatic carboxylic acids is 1. The van der Waals surface area contributed by atoms with Crippen molar-refractivity contribution in [2.24, 2.45) is 5.92 Å². The average Bonchev–Trinajstić information content (AvgIpc) is 2.50. The first-order chi connectivity index (χ1) is 10.9. The molecule has 1 aromatic carbocycles. The van der Waals surface area contributed by atoms with Crippen LogP contribution in [0.2, 0.25) is 5.02 Å². The van der Waals surface area contributed by atoms with E-state index in [0.29, 0.717) is 23.8 Å². The number of rotatable bonds is 5. The number of aryl methyl sites for hydroxylation is 1. The van der Waals surface area contributed by atoms with Crippen LogP contribution in [0.3, 0.4) is 0 Å². The van der Waals surface area contributed by atoms with Crippen molar-refractivity contribution in [1.82, 2.24) is 5.32 Å². The number of carboxylic acids is 1. The Hall–Kier alpha value is -1.55. The highest BCUT2D eigenvalue weighted by molar-refractivity contribution is 6.30. The Morgan fingerprint density at radius 1 is 1.35 bits per heavy atom. The lowest BCUT2D eigenvalue weighted by Crippen LogP contribution is -2.56. The van der Waals surface area contributed by atoms with E-state index >= 15 is 0 Å². The van der Waals surface area contributed by atoms with Gasteiger partial charge in [-0.1, -0.05) is 31.0 Å². The van der Waals surface area contributed by atoms with E-state index in [0.717, 1.165) is 30.4 Å². The summed E-state index contributed by atoms with van der Waals surface area (Å²) in [6.07, 6.45) is 3.95. The van der Waals surface area contributed by atoms with Crippen molar-refractivity contribution < 1.29 is 14.7 Å². The number of benzene rings is 1. The molecule has 5 heteroatoms. The van der Waals surface area contributed by atoms with Gasteiger partial charge in [-0.25, -0.2) is 4.79 Å². The number of hydrogen-bond acceptors (Lipinski definition) is 2. The van der Waals surface area contributed by atoms with Crippen molar-refractivity contribution in [3.63, 3.8) is 0 Å². The summed E-state index contributed by atoms with van der Waals surface area (Å²) in [6.45, 7) is 4.02. The minimum Gasteiger partial charge on any atom is -0.480 e. The van der Waals surface area contributed by atoms with Gasteiger partial charge in [0, 0.05) is 5.02 Å². The molecular formula is C18H24ClNO3. The molecule has 1 aliphatic carbocycles. The molecule has 0 aliphatic heterocycles. The predicted molar refractivity (Wildman–Crippen MR) is 90.7 cm³/mol. The molecule has 0 heterocycles. The minimum atomic E-state index is -1.11. The van der Waals surface area contributed by atoms with Crippen molar-refractivity contribution in [2.45, 2.75) is 57.9 Å². The molecule has 1 aliphatic rings. The zero-order chi connectivity index (χ0) is 17.0. The summed E-state index contributed by atoms with van der Waals surface area (Å²) in [5.74, 6) is -0.598. The lowest BCUT2D eigenvalue weighted by Gasteiger charge is -2.37. The van der Waals surface area contributed by atoms with E-state index in [2.05, 4.69) is 12.2 Å². The van der Waals surface area contributed by atoms with Gasteiger partial charge in [-0.3, -0.25) is 4.79 Å². The molecule has 0 atom stereocenters. The van der Waals surface area contributed by atoms with Gasteiger partial charge in [-0.15, -0.1) is 0 Å². The van der Waals surface area contributed by atoms with E-state index in [1.807, 2.05) is 19.1 Å². The van der Waals surface area contributed by atoms with E-state index in [1.54, 1.807) is 6.07 Å². The maximum atomic E-state index is 12.4. The Bertz CT molecular complexity index is 592. The first kappa shape index (κ1) is 17.8. The van der Waals surface area contributed by atoms with E-state index < -0.39 is 11.5 Å². The van der Waals surface area contributed by atoms with Crippen molar-refractivity contribution in [3.8, 4) is 0 Å². The SMILES string of the molecule is CCC1CCC(NC(=O)Cc2ccc(Cl)cc2C)(C(=O)O)CC1. The first-order valence-electron chi connectivity index (χ1n) is 8.15. The van der Waals surface area contributed by atoms with Crippen LogP contribution in [0.15, 0.2) is 18.2 Å². The van der Waals surface area contributed by atoms with Gasteiger partial charge in [0.2, 0.25) is 5.91 Å². The highest BCUT2D eigenvalue weighted by atomic mass is 35.5. The second-order valence-electron chi connectivity index (χ2n) is 6.53. The van der Waals surface area contributed by atoms with Gasteiger partial charge in [-0.05, 0) is 61.8 Å². The van der Waals surface area contributed by atoms with Crippen LogP contribution in [-0.4, -0.2) is 22.5 Å². The smallest absolute Gasteiger partial charge is 0.329 e. The molecule has 2 N–H and O–H groups in total. The average molecular weight is 338 g/mol. The molecule has 1 fully saturated rings. The summed E-state index contributed by atoms with van der Waals surface area (Å²) in [7, 11) is 0. The van der Waals surface area contributed by atoms with Crippen LogP contribution in [0.4, 0.5) is 0 Å². The van der Waals surface area contributed by atoms with Crippen molar-refractivity contribution in [2.75, 3.05) is 0 Å². The number of carbonyl (C=O) groups excluding carboxylic acids is 1. The standard InChI is InChI=1S/C18H24ClNO3/c1-3-13-6-8-18(9-7-13,17(22)23)20-16(21)11-14-4-5-15(19)10-12(14)2/h4-5,10,13H,3,6-9,11H2,1-2H3,(H,20,21)(H,22,23). The van der Waals surface area contributed by atoms with Gasteiger partial charge in [0.1, 0.15) is 5.54 Å². The maximum absolute atomic E-state index is 12.4. The van der Waals surface area contributed by atoms with Crippen LogP contribution in [0.5, 0.6) is 0 Å². The molecule has 23 heavy (non-hydrogen) atoms. The number of halogens is 1. The molecule has 0 bridgehead atoms. The third kappa shape index (κ3) is 4.25. The summed E-state index contributed by atoms with van der Waals surface area (Å²) in [6, 6.07) is 5.37. The lowest BCUT2D eigenvalue weighted by molar-refractivity contribution is -0.149. The zero-order valence-electron chi connectivity index (χ0n) is 13.7. The molecule has 0 aromatic heterocycles. The third-order valence-electron chi connectivity index (χ3n) is 4.98. The van der Waals surface area contributed by atoms with Gasteiger partial charge in [-0.2, -0.15) is 0 Å². The number of amides is 1. The predicted octanol–water partition coefficient (Wildman–Crippen LogP) is 3.73. The molecule has 0 unspecified atom stereocenters. The van der Waals surface area contributed by atoms with Crippen molar-refractivity contribution in [1.29, 1.82) is 0 Å². The number of carbonyl (C=O) groups is 2. The van der Waals surface area contributed by atoms with Crippen LogP contribution < -0.4 is 5.32 Å². The molecule has 126 valence electrons. The fourth-order valence-electron chi connectivity index (χ4n) is 3.31. The Labute approximate surface area is 142 Å². The zero-order valence-corrected chi connectivity index (χ0v) is 14.4. The quantitative estimate of drug-likeness (QED) is 0.860. The molecule has 1 amide bonds. The largest absolute Gasteiger partial charge is 0.480 e. The molecular weight excluding hydrogens is 314 g/mol. The second kappa shape index (κ2) is 7.35. The third-order valence-corrected chi connectivity index (χ3v) is 5.21. The Morgan fingerprint density at radius 3 is 2.52 bits per heavy atom. The molecule has 1 aromatic rings. The Balaban J connectivity index is 2.05. The van der Waals surface area contributed by atoms with Crippen LogP contribution in [0.1, 0.15) is 50.2 Å². The summed E-state index contributed by atoms with van der Waals surface area (Å²) in [5, 5.41) is 13.0. The monoisotopic (exact) mass is 337 g/mol. The van der Waals surface area contributed by atoms with Crippen molar-refractivity contribution >= 4 is 23.5 Å². The van der Waals surface area contributed by atoms with Gasteiger partial charge in [0.25, 0.3) is 0 Å². The summed E-state index contributed by atoms with van der Waals surface area (Å²) in [5.41, 5.74) is 0.699. The van der Waals surface area contributed by atoms with Gasteiger partial charge >= 0.3 is 5.97 Å². The highest BCUT2D eigenvalue weighted by Gasteiger charge is 2.42. The molecule has 4 nitrogen and oxygen atoms in total. The minimum absolute atomic E-state index is 0.176. The van der Waals surface area contributed by atoms with Crippen molar-refractivity contribution in [3.05, 3.63) is 34.3 Å². The van der Waals surface area contributed by atoms with Crippen LogP contribution in [-0.2, 0) is 16.0 Å².